The predicted octanol–water partition coefficient (Wildman–Crippen LogP) is 1.09. The van der Waals surface area contributed by atoms with Crippen LogP contribution in [0.4, 0.5) is 14.4 Å². The number of nitrogens with zero attached hydrogens (tertiary/aromatic N) is 7. The highest BCUT2D eigenvalue weighted by molar-refractivity contribution is 5.84. The van der Waals surface area contributed by atoms with Crippen LogP contribution in [0.15, 0.2) is 0 Å². The third kappa shape index (κ3) is 29.7. The van der Waals surface area contributed by atoms with Crippen molar-refractivity contribution < 1.29 is 117 Å². The average Bonchev–Trinajstić information content (AvgIpc) is 4.00. The SMILES string of the molecule is CC(C)(C)OC(=O)N1C[C@H](O)C[C@H]1C(=O)OCCC(CO[N+](=O)[O-])O[N+](=O)[O-].CC(C)(C)OC(=O)N1C[C@H](O)C[C@H]1C(=O)OCCCCO[N+](=O)[O-].CC(C)(C)OC(=O)N1C[C@H](O)C[C@H]1C(=O)OCCOCCO[N+](=O)[O-]. The van der Waals surface area contributed by atoms with Crippen molar-refractivity contribution in [1.29, 1.82) is 0 Å². The van der Waals surface area contributed by atoms with Gasteiger partial charge in [-0.1, -0.05) is 0 Å². The molecule has 3 N–H and O–H groups in total. The summed E-state index contributed by atoms with van der Waals surface area (Å²) in [6.45, 7) is 13.6. The van der Waals surface area contributed by atoms with Gasteiger partial charge in [-0.25, -0.2) is 28.8 Å². The molecule has 0 aromatic carbocycles. The van der Waals surface area contributed by atoms with Gasteiger partial charge in [-0.15, -0.1) is 40.5 Å². The van der Waals surface area contributed by atoms with Crippen LogP contribution in [0, 0.1) is 40.5 Å². The number of likely N-dealkylation sites (tertiary alicyclic amines) is 3. The molecule has 3 rings (SSSR count). The number of aliphatic hydroxyl groups is 3. The molecular formula is C42H71N7O28. The van der Waals surface area contributed by atoms with Crippen LogP contribution in [0.1, 0.15) is 101 Å². The van der Waals surface area contributed by atoms with Crippen LogP contribution < -0.4 is 0 Å². The molecule has 442 valence electrons. The summed E-state index contributed by atoms with van der Waals surface area (Å²) >= 11 is 0. The Kier molecular flexibility index (Phi) is 28.6. The fourth-order valence-corrected chi connectivity index (χ4v) is 6.68. The summed E-state index contributed by atoms with van der Waals surface area (Å²) in [5.74, 6) is -2.15. The van der Waals surface area contributed by atoms with Crippen molar-refractivity contribution in [3.63, 3.8) is 0 Å². The van der Waals surface area contributed by atoms with E-state index in [1.807, 2.05) is 0 Å². The Morgan fingerprint density at radius 1 is 0.481 bits per heavy atom. The van der Waals surface area contributed by atoms with Gasteiger partial charge in [0.25, 0.3) is 20.3 Å². The maximum absolute atomic E-state index is 12.2. The lowest BCUT2D eigenvalue weighted by molar-refractivity contribution is -0.790. The Balaban J connectivity index is 0.000000579. The van der Waals surface area contributed by atoms with E-state index in [9.17, 15) is 84.5 Å². The van der Waals surface area contributed by atoms with Gasteiger partial charge in [-0.2, -0.15) is 0 Å². The number of esters is 3. The number of carbonyl (C=O) groups is 6. The molecule has 7 atom stereocenters. The number of carbonyl (C=O) groups excluding carboxylic acids is 6. The number of aliphatic hydroxyl groups excluding tert-OH is 3. The minimum Gasteiger partial charge on any atom is -0.464 e. The fourth-order valence-electron chi connectivity index (χ4n) is 6.68. The molecule has 0 spiro atoms. The number of hydrogen-bond acceptors (Lipinski definition) is 28. The summed E-state index contributed by atoms with van der Waals surface area (Å²) in [5.41, 5.74) is -2.24. The summed E-state index contributed by atoms with van der Waals surface area (Å²) in [6, 6.07) is -2.91. The average molecular weight is 1120 g/mol. The summed E-state index contributed by atoms with van der Waals surface area (Å²) in [5, 5.41) is 65.6. The lowest BCUT2D eigenvalue weighted by Crippen LogP contribution is -2.44. The van der Waals surface area contributed by atoms with Crippen LogP contribution in [0.2, 0.25) is 0 Å². The Labute approximate surface area is 440 Å². The standard InChI is InChI=1S/C14H23N3O11.C14H24N2O9.C14H24N2O8/c1-14(2,3)27-13(20)15-7-9(18)6-11(15)12(19)25-5-4-10(28-17(23)24)8-26-16(21)22;1-14(2,3)25-13(19)15-9-10(17)8-11(15)12(18)23-6-4-22-5-7-24-16(20)21;1-14(2,3)24-13(19)15-9-10(17)8-11(15)12(18)22-6-4-5-7-23-16(20)21/h9-11,18H,4-8H2,1-3H3;10-11,17H,4-9H2,1-3H3;10-11,17H,4-9H2,1-3H3/t9-,10?,11+;2*10-,11+/m111/s1. The van der Waals surface area contributed by atoms with Crippen molar-refractivity contribution >= 4 is 36.2 Å². The van der Waals surface area contributed by atoms with E-state index in [0.29, 0.717) is 12.8 Å². The molecule has 1 unspecified atom stereocenters. The first-order valence-electron chi connectivity index (χ1n) is 23.8. The van der Waals surface area contributed by atoms with Gasteiger partial charge in [0, 0.05) is 25.7 Å². The normalized spacial score (nSPS) is 20.3. The van der Waals surface area contributed by atoms with Gasteiger partial charge in [0.15, 0.2) is 0 Å². The molecule has 35 heteroatoms. The molecule has 0 aromatic rings. The van der Waals surface area contributed by atoms with Crippen LogP contribution >= 0.6 is 0 Å². The molecule has 0 saturated carbocycles. The smallest absolute Gasteiger partial charge is 0.411 e. The molecule has 35 nitrogen and oxygen atoms in total. The molecule has 3 aliphatic heterocycles. The first-order chi connectivity index (χ1) is 35.6. The van der Waals surface area contributed by atoms with E-state index in [-0.39, 0.29) is 91.6 Å². The van der Waals surface area contributed by atoms with Crippen LogP contribution in [0.25, 0.3) is 0 Å². The number of amides is 3. The van der Waals surface area contributed by atoms with Crippen LogP contribution in [0.5, 0.6) is 0 Å². The number of rotatable bonds is 24. The Bertz CT molecular complexity index is 1960. The Hall–Kier alpha value is -7.14. The minimum absolute atomic E-state index is 0.00531. The lowest BCUT2D eigenvalue weighted by Gasteiger charge is -2.27. The van der Waals surface area contributed by atoms with E-state index >= 15 is 0 Å². The van der Waals surface area contributed by atoms with E-state index in [0.717, 1.165) is 14.7 Å². The van der Waals surface area contributed by atoms with E-state index in [1.165, 1.54) is 0 Å². The zero-order chi connectivity index (χ0) is 58.8. The van der Waals surface area contributed by atoms with Crippen molar-refractivity contribution in [2.45, 2.75) is 160 Å². The van der Waals surface area contributed by atoms with E-state index in [4.69, 9.17) is 33.2 Å². The summed E-state index contributed by atoms with van der Waals surface area (Å²) in [4.78, 5) is 133. The largest absolute Gasteiger partial charge is 0.464 e. The Morgan fingerprint density at radius 2 is 0.818 bits per heavy atom. The zero-order valence-electron chi connectivity index (χ0n) is 44.2. The molecule has 3 heterocycles. The quantitative estimate of drug-likeness (QED) is 0.0400. The third-order valence-corrected chi connectivity index (χ3v) is 9.70. The van der Waals surface area contributed by atoms with Gasteiger partial charge >= 0.3 is 36.2 Å². The second kappa shape index (κ2) is 32.4. The third-order valence-electron chi connectivity index (χ3n) is 9.70. The van der Waals surface area contributed by atoms with Crippen LogP contribution in [0.3, 0.4) is 0 Å². The van der Waals surface area contributed by atoms with Crippen molar-refractivity contribution in [3.8, 4) is 0 Å². The monoisotopic (exact) mass is 1120 g/mol. The maximum atomic E-state index is 12.2. The molecule has 0 aromatic heterocycles. The molecule has 3 saturated heterocycles. The highest BCUT2D eigenvalue weighted by Crippen LogP contribution is 2.25. The van der Waals surface area contributed by atoms with Gasteiger partial charge in [-0.05, 0) is 75.2 Å². The van der Waals surface area contributed by atoms with Crippen molar-refractivity contribution in [1.82, 2.24) is 14.7 Å². The van der Waals surface area contributed by atoms with Crippen LogP contribution in [-0.2, 0) is 66.9 Å². The molecule has 0 aliphatic carbocycles. The van der Waals surface area contributed by atoms with Gasteiger partial charge in [0.1, 0.15) is 60.9 Å². The number of hydrogen-bond donors (Lipinski definition) is 3. The van der Waals surface area contributed by atoms with Crippen molar-refractivity contribution in [2.75, 3.05) is 72.5 Å². The predicted molar refractivity (Wildman–Crippen MR) is 250 cm³/mol. The lowest BCUT2D eigenvalue weighted by atomic mass is 10.2. The maximum Gasteiger partial charge on any atom is 0.411 e. The van der Waals surface area contributed by atoms with E-state index < -0.39 is 122 Å². The van der Waals surface area contributed by atoms with Gasteiger partial charge < -0.3 is 67.8 Å². The molecule has 77 heavy (non-hydrogen) atoms. The second-order valence-electron chi connectivity index (χ2n) is 19.8. The second-order valence-corrected chi connectivity index (χ2v) is 19.8. The van der Waals surface area contributed by atoms with Crippen LogP contribution in [-0.4, -0.2) is 218 Å². The highest BCUT2D eigenvalue weighted by Gasteiger charge is 2.44. The topological polar surface area (TPSA) is 447 Å². The highest BCUT2D eigenvalue weighted by atomic mass is 17.0. The minimum atomic E-state index is -1.33. The van der Waals surface area contributed by atoms with Gasteiger partial charge in [-0.3, -0.25) is 14.7 Å². The van der Waals surface area contributed by atoms with Gasteiger partial charge in [0.05, 0.1) is 71.0 Å². The number of β-amino-alcohol motifs (C(OH)–C–C–N with tert-alkyl or cyclic N) is 3. The molecule has 3 aliphatic rings. The van der Waals surface area contributed by atoms with E-state index in [2.05, 4.69) is 19.4 Å². The summed E-state index contributed by atoms with van der Waals surface area (Å²) in [6.07, 6.45) is -5.51. The molecule has 0 bridgehead atoms. The van der Waals surface area contributed by atoms with Crippen molar-refractivity contribution in [2.24, 2.45) is 0 Å². The molecule has 0 radical (unpaired) electrons. The number of ether oxygens (including phenoxy) is 7. The molecular weight excluding hydrogens is 1050 g/mol. The van der Waals surface area contributed by atoms with E-state index in [1.54, 1.807) is 62.3 Å². The zero-order valence-corrected chi connectivity index (χ0v) is 44.2. The van der Waals surface area contributed by atoms with Crippen molar-refractivity contribution in [3.05, 3.63) is 40.5 Å². The van der Waals surface area contributed by atoms with Gasteiger partial charge in [0.2, 0.25) is 0 Å². The molecule has 3 fully saturated rings. The Morgan fingerprint density at radius 3 is 1.18 bits per heavy atom. The number of unbranched alkanes of at least 4 members (excludes halogenated alkanes) is 1. The fraction of sp³-hybridized carbons (Fsp3) is 0.857. The summed E-state index contributed by atoms with van der Waals surface area (Å²) in [7, 11) is 0. The summed E-state index contributed by atoms with van der Waals surface area (Å²) < 4.78 is 35.7. The first-order valence-corrected chi connectivity index (χ1v) is 23.8. The molecule has 3 amide bonds. The first kappa shape index (κ1) is 67.9.